The van der Waals surface area contributed by atoms with Gasteiger partial charge in [0, 0.05) is 44.2 Å². The van der Waals surface area contributed by atoms with E-state index in [1.54, 1.807) is 18.9 Å². The Bertz CT molecular complexity index is 843. The fraction of sp³-hybridized carbons (Fsp3) is 0.412. The Morgan fingerprint density at radius 3 is 2.54 bits per heavy atom. The number of nitrogens with zero attached hydrogens (tertiary/aromatic N) is 5. The van der Waals surface area contributed by atoms with Gasteiger partial charge in [-0.15, -0.1) is 0 Å². The van der Waals surface area contributed by atoms with E-state index < -0.39 is 4.92 Å². The Hall–Kier alpha value is -2.26. The van der Waals surface area contributed by atoms with Gasteiger partial charge in [-0.2, -0.15) is 5.10 Å². The van der Waals surface area contributed by atoms with E-state index in [4.69, 9.17) is 0 Å². The zero-order valence-electron chi connectivity index (χ0n) is 14.7. The zero-order chi connectivity index (χ0) is 18.8. The maximum absolute atomic E-state index is 12.7. The van der Waals surface area contributed by atoms with Crippen LogP contribution >= 0.6 is 15.9 Å². The fourth-order valence-corrected chi connectivity index (χ4v) is 3.50. The van der Waals surface area contributed by atoms with Crippen molar-refractivity contribution in [2.24, 2.45) is 7.05 Å². The molecule has 3 rings (SSSR count). The fourth-order valence-electron chi connectivity index (χ4n) is 3.09. The molecule has 1 aliphatic heterocycles. The highest BCUT2D eigenvalue weighted by atomic mass is 79.9. The van der Waals surface area contributed by atoms with Gasteiger partial charge in [-0.3, -0.25) is 24.5 Å². The van der Waals surface area contributed by atoms with E-state index in [2.05, 4.69) is 32.0 Å². The van der Waals surface area contributed by atoms with Crippen LogP contribution in [0.1, 0.15) is 21.7 Å². The van der Waals surface area contributed by atoms with Crippen molar-refractivity contribution in [3.05, 3.63) is 55.8 Å². The number of carbonyl (C=O) groups is 1. The third-order valence-electron chi connectivity index (χ3n) is 4.70. The Morgan fingerprint density at radius 2 is 1.92 bits per heavy atom. The van der Waals surface area contributed by atoms with Crippen LogP contribution in [0.5, 0.6) is 0 Å². The van der Waals surface area contributed by atoms with E-state index >= 15 is 0 Å². The molecule has 2 aromatic rings. The Morgan fingerprint density at radius 1 is 1.27 bits per heavy atom. The van der Waals surface area contributed by atoms with Crippen molar-refractivity contribution in [2.45, 2.75) is 13.5 Å². The van der Waals surface area contributed by atoms with E-state index in [0.29, 0.717) is 31.9 Å². The highest BCUT2D eigenvalue weighted by molar-refractivity contribution is 9.10. The molecule has 2 heterocycles. The molecule has 0 radical (unpaired) electrons. The van der Waals surface area contributed by atoms with Crippen LogP contribution < -0.4 is 0 Å². The van der Waals surface area contributed by atoms with Crippen LogP contribution in [-0.2, 0) is 13.6 Å². The van der Waals surface area contributed by atoms with E-state index in [0.717, 1.165) is 11.0 Å². The molecule has 0 bridgehead atoms. The molecule has 9 heteroatoms. The van der Waals surface area contributed by atoms with Gasteiger partial charge >= 0.3 is 5.69 Å². The molecule has 0 atom stereocenters. The predicted octanol–water partition coefficient (Wildman–Crippen LogP) is 2.36. The normalized spacial score (nSPS) is 15.3. The Labute approximate surface area is 159 Å². The molecule has 8 nitrogen and oxygen atoms in total. The summed E-state index contributed by atoms with van der Waals surface area (Å²) in [5, 5.41) is 15.4. The van der Waals surface area contributed by atoms with Crippen LogP contribution in [0.25, 0.3) is 0 Å². The molecule has 0 aliphatic carbocycles. The van der Waals surface area contributed by atoms with Gasteiger partial charge in [0.05, 0.1) is 4.92 Å². The van der Waals surface area contributed by atoms with Gasteiger partial charge in [-0.25, -0.2) is 0 Å². The van der Waals surface area contributed by atoms with Crippen LogP contribution in [-0.4, -0.2) is 56.6 Å². The molecule has 1 aliphatic rings. The molecule has 26 heavy (non-hydrogen) atoms. The number of rotatable bonds is 4. The molecular formula is C17H20BrN5O3. The number of hydrogen-bond acceptors (Lipinski definition) is 5. The summed E-state index contributed by atoms with van der Waals surface area (Å²) in [5.41, 5.74) is 1.30. The Balaban J connectivity index is 1.67. The van der Waals surface area contributed by atoms with Crippen molar-refractivity contribution < 1.29 is 9.72 Å². The van der Waals surface area contributed by atoms with Crippen LogP contribution in [0.2, 0.25) is 0 Å². The second-order valence-electron chi connectivity index (χ2n) is 6.32. The summed E-state index contributed by atoms with van der Waals surface area (Å²) in [6.07, 6.45) is 0. The van der Waals surface area contributed by atoms with E-state index in [9.17, 15) is 14.9 Å². The molecule has 0 spiro atoms. The van der Waals surface area contributed by atoms with Crippen molar-refractivity contribution in [1.29, 1.82) is 0 Å². The molecule has 1 amide bonds. The molecule has 0 saturated carbocycles. The third-order valence-corrected chi connectivity index (χ3v) is 5.47. The number of benzene rings is 1. The van der Waals surface area contributed by atoms with Crippen molar-refractivity contribution in [1.82, 2.24) is 19.6 Å². The maximum Gasteiger partial charge on any atom is 0.322 e. The average molecular weight is 422 g/mol. The van der Waals surface area contributed by atoms with Gasteiger partial charge in [-0.05, 0) is 18.6 Å². The minimum atomic E-state index is -0.529. The molecule has 1 saturated heterocycles. The summed E-state index contributed by atoms with van der Waals surface area (Å²) >= 11 is 3.55. The lowest BCUT2D eigenvalue weighted by atomic mass is 10.2. The second kappa shape index (κ2) is 7.55. The number of hydrogen-bond donors (Lipinski definition) is 0. The SMILES string of the molecule is Cc1c([N+](=O)[O-])c(C(=O)N2CCN(Cc3ccccc3Br)CC2)nn1C. The number of piperazine rings is 1. The zero-order valence-corrected chi connectivity index (χ0v) is 16.3. The molecular weight excluding hydrogens is 402 g/mol. The van der Waals surface area contributed by atoms with E-state index in [1.807, 2.05) is 18.2 Å². The van der Waals surface area contributed by atoms with Gasteiger partial charge in [0.15, 0.2) is 0 Å². The summed E-state index contributed by atoms with van der Waals surface area (Å²) in [6, 6.07) is 8.06. The quantitative estimate of drug-likeness (QED) is 0.558. The summed E-state index contributed by atoms with van der Waals surface area (Å²) in [4.78, 5) is 27.4. The van der Waals surface area contributed by atoms with E-state index in [-0.39, 0.29) is 17.3 Å². The van der Waals surface area contributed by atoms with E-state index in [1.165, 1.54) is 10.2 Å². The number of carbonyl (C=O) groups excluding carboxylic acids is 1. The molecule has 0 unspecified atom stereocenters. The lowest BCUT2D eigenvalue weighted by Crippen LogP contribution is -2.48. The number of nitro groups is 1. The monoisotopic (exact) mass is 421 g/mol. The molecule has 138 valence electrons. The smallest absolute Gasteiger partial charge is 0.322 e. The minimum Gasteiger partial charge on any atom is -0.334 e. The first kappa shape index (κ1) is 18.5. The first-order chi connectivity index (χ1) is 12.4. The predicted molar refractivity (Wildman–Crippen MR) is 99.9 cm³/mol. The summed E-state index contributed by atoms with van der Waals surface area (Å²) in [7, 11) is 1.61. The lowest BCUT2D eigenvalue weighted by molar-refractivity contribution is -0.385. The van der Waals surface area contributed by atoms with Crippen molar-refractivity contribution >= 4 is 27.5 Å². The van der Waals surface area contributed by atoms with Crippen LogP contribution in [0.3, 0.4) is 0 Å². The molecule has 1 fully saturated rings. The second-order valence-corrected chi connectivity index (χ2v) is 7.18. The van der Waals surface area contributed by atoms with Crippen LogP contribution in [0, 0.1) is 17.0 Å². The summed E-state index contributed by atoms with van der Waals surface area (Å²) in [6.45, 7) is 4.87. The summed E-state index contributed by atoms with van der Waals surface area (Å²) < 4.78 is 2.45. The maximum atomic E-state index is 12.7. The number of aromatic nitrogens is 2. The third kappa shape index (κ3) is 3.63. The molecule has 1 aromatic carbocycles. The number of halogens is 1. The van der Waals surface area contributed by atoms with Crippen molar-refractivity contribution in [3.8, 4) is 0 Å². The Kier molecular flexibility index (Phi) is 5.38. The first-order valence-electron chi connectivity index (χ1n) is 8.31. The lowest BCUT2D eigenvalue weighted by Gasteiger charge is -2.34. The molecule has 0 N–H and O–H groups in total. The first-order valence-corrected chi connectivity index (χ1v) is 9.10. The van der Waals surface area contributed by atoms with Crippen LogP contribution in [0.4, 0.5) is 5.69 Å². The summed E-state index contributed by atoms with van der Waals surface area (Å²) in [5.74, 6) is -0.374. The van der Waals surface area contributed by atoms with Gasteiger partial charge in [0.2, 0.25) is 5.69 Å². The topological polar surface area (TPSA) is 84.5 Å². The van der Waals surface area contributed by atoms with Gasteiger partial charge in [0.25, 0.3) is 5.91 Å². The van der Waals surface area contributed by atoms with Gasteiger partial charge in [0.1, 0.15) is 5.69 Å². The average Bonchev–Trinajstić information content (AvgIpc) is 2.92. The highest BCUT2D eigenvalue weighted by Gasteiger charge is 2.33. The van der Waals surface area contributed by atoms with Gasteiger partial charge < -0.3 is 4.90 Å². The number of aryl methyl sites for hydroxylation is 1. The number of amides is 1. The van der Waals surface area contributed by atoms with Gasteiger partial charge in [-0.1, -0.05) is 34.1 Å². The van der Waals surface area contributed by atoms with Crippen molar-refractivity contribution in [2.75, 3.05) is 26.2 Å². The van der Waals surface area contributed by atoms with Crippen molar-refractivity contribution in [3.63, 3.8) is 0 Å². The standard InChI is InChI=1S/C17H20BrN5O3/c1-12-16(23(25)26)15(19-20(12)2)17(24)22-9-7-21(8-10-22)11-13-5-3-4-6-14(13)18/h3-6H,7-11H2,1-2H3. The highest BCUT2D eigenvalue weighted by Crippen LogP contribution is 2.24. The van der Waals surface area contributed by atoms with Crippen LogP contribution in [0.15, 0.2) is 28.7 Å². The molecule has 1 aromatic heterocycles. The minimum absolute atomic E-state index is 0.0748. The largest absolute Gasteiger partial charge is 0.334 e.